The van der Waals surface area contributed by atoms with Crippen molar-refractivity contribution in [3.63, 3.8) is 0 Å². The first-order valence-electron chi connectivity index (χ1n) is 8.71. The second-order valence-electron chi connectivity index (χ2n) is 6.43. The third-order valence-electron chi connectivity index (χ3n) is 4.50. The fraction of sp³-hybridized carbons (Fsp3) is 0.211. The van der Waals surface area contributed by atoms with Crippen LogP contribution in [0.15, 0.2) is 46.9 Å². The topological polar surface area (TPSA) is 62.5 Å². The Morgan fingerprint density at radius 3 is 2.40 bits per heavy atom. The summed E-state index contributed by atoms with van der Waals surface area (Å²) in [6.45, 7) is -0.818. The molecular weight excluding hydrogens is 411 g/mol. The Morgan fingerprint density at radius 1 is 1.03 bits per heavy atom. The molecule has 0 saturated carbocycles. The van der Waals surface area contributed by atoms with Gasteiger partial charge in [-0.1, -0.05) is 6.07 Å². The molecule has 2 aromatic carbocycles. The van der Waals surface area contributed by atoms with Gasteiger partial charge >= 0.3 is 6.43 Å². The SMILES string of the molecule is O=C1c2cc(-c3nnc(C(F)F)o3)ccc2CN(c2ccc(F)cc2)N1CC(F)F. The zero-order chi connectivity index (χ0) is 21.4. The normalized spacial score (nSPS) is 14.0. The summed E-state index contributed by atoms with van der Waals surface area (Å²) in [6.07, 6.45) is -5.76. The van der Waals surface area contributed by atoms with E-state index in [1.165, 1.54) is 29.3 Å². The fourth-order valence-corrected chi connectivity index (χ4v) is 3.14. The maximum absolute atomic E-state index is 13.2. The summed E-state index contributed by atoms with van der Waals surface area (Å²) in [4.78, 5) is 13.0. The molecule has 11 heteroatoms. The average Bonchev–Trinajstić information content (AvgIpc) is 3.21. The number of nitrogens with zero attached hydrogens (tertiary/aromatic N) is 4. The molecule has 2 heterocycles. The second kappa shape index (κ2) is 7.73. The van der Waals surface area contributed by atoms with E-state index in [0.717, 1.165) is 17.1 Å². The van der Waals surface area contributed by atoms with Crippen molar-refractivity contribution in [2.45, 2.75) is 19.4 Å². The van der Waals surface area contributed by atoms with Gasteiger partial charge in [0.2, 0.25) is 5.89 Å². The van der Waals surface area contributed by atoms with Crippen LogP contribution in [0.25, 0.3) is 11.5 Å². The maximum Gasteiger partial charge on any atom is 0.314 e. The third-order valence-corrected chi connectivity index (χ3v) is 4.50. The van der Waals surface area contributed by atoms with E-state index in [4.69, 9.17) is 4.42 Å². The molecule has 0 unspecified atom stereocenters. The minimum atomic E-state index is -2.95. The lowest BCUT2D eigenvalue weighted by Crippen LogP contribution is -2.52. The van der Waals surface area contributed by atoms with Gasteiger partial charge in [-0.25, -0.2) is 18.2 Å². The van der Waals surface area contributed by atoms with Crippen LogP contribution in [0.4, 0.5) is 27.6 Å². The van der Waals surface area contributed by atoms with Gasteiger partial charge in [-0.05, 0) is 42.0 Å². The minimum Gasteiger partial charge on any atom is -0.415 e. The van der Waals surface area contributed by atoms with Gasteiger partial charge in [0.15, 0.2) is 0 Å². The van der Waals surface area contributed by atoms with Crippen molar-refractivity contribution in [1.29, 1.82) is 0 Å². The molecule has 3 aromatic rings. The van der Waals surface area contributed by atoms with Gasteiger partial charge in [0.25, 0.3) is 18.2 Å². The van der Waals surface area contributed by atoms with Crippen LogP contribution in [-0.2, 0) is 6.54 Å². The first-order chi connectivity index (χ1) is 14.3. The van der Waals surface area contributed by atoms with Crippen molar-refractivity contribution in [2.24, 2.45) is 0 Å². The van der Waals surface area contributed by atoms with E-state index < -0.39 is 37.0 Å². The summed E-state index contributed by atoms with van der Waals surface area (Å²) in [7, 11) is 0. The Bertz CT molecular complexity index is 1070. The Kier molecular flexibility index (Phi) is 5.10. The quantitative estimate of drug-likeness (QED) is 0.566. The molecule has 0 N–H and O–H groups in total. The van der Waals surface area contributed by atoms with E-state index in [1.807, 2.05) is 0 Å². The number of amides is 1. The molecule has 0 bridgehead atoms. The molecule has 1 amide bonds. The number of halogens is 5. The van der Waals surface area contributed by atoms with Crippen LogP contribution in [-0.4, -0.2) is 34.1 Å². The molecule has 30 heavy (non-hydrogen) atoms. The monoisotopic (exact) mass is 424 g/mol. The Balaban J connectivity index is 1.72. The standard InChI is InChI=1S/C19H13F5N4O2/c20-12-3-5-13(6-4-12)27-8-11-2-1-10(17-25-26-18(30-17)16(23)24)7-14(11)19(29)28(27)9-15(21)22/h1-7,15-16H,8-9H2. The number of anilines is 1. The molecule has 4 rings (SSSR count). The van der Waals surface area contributed by atoms with E-state index in [9.17, 15) is 26.7 Å². The molecular formula is C19H13F5N4O2. The number of benzene rings is 2. The van der Waals surface area contributed by atoms with E-state index in [1.54, 1.807) is 6.07 Å². The van der Waals surface area contributed by atoms with Gasteiger partial charge in [0, 0.05) is 11.1 Å². The molecule has 0 spiro atoms. The van der Waals surface area contributed by atoms with E-state index >= 15 is 0 Å². The molecule has 1 aromatic heterocycles. The third kappa shape index (κ3) is 3.70. The molecule has 0 saturated heterocycles. The molecule has 0 fully saturated rings. The zero-order valence-corrected chi connectivity index (χ0v) is 15.1. The van der Waals surface area contributed by atoms with E-state index in [-0.39, 0.29) is 23.6 Å². The highest BCUT2D eigenvalue weighted by Gasteiger charge is 2.33. The predicted molar refractivity (Wildman–Crippen MR) is 94.3 cm³/mol. The lowest BCUT2D eigenvalue weighted by Gasteiger charge is -2.40. The first-order valence-corrected chi connectivity index (χ1v) is 8.71. The van der Waals surface area contributed by atoms with Crippen LogP contribution in [0, 0.1) is 5.82 Å². The number of rotatable bonds is 5. The highest BCUT2D eigenvalue weighted by atomic mass is 19.3. The molecule has 1 aliphatic rings. The van der Waals surface area contributed by atoms with Gasteiger partial charge < -0.3 is 4.42 Å². The zero-order valence-electron chi connectivity index (χ0n) is 15.1. The van der Waals surface area contributed by atoms with Crippen LogP contribution >= 0.6 is 0 Å². The van der Waals surface area contributed by atoms with Gasteiger partial charge in [-0.3, -0.25) is 9.80 Å². The summed E-state index contributed by atoms with van der Waals surface area (Å²) in [6, 6.07) is 9.46. The predicted octanol–water partition coefficient (Wildman–Crippen LogP) is 4.46. The molecule has 156 valence electrons. The Labute approximate surface area is 166 Å². The van der Waals surface area contributed by atoms with Crippen molar-refractivity contribution >= 4 is 11.6 Å². The number of hydrogen-bond acceptors (Lipinski definition) is 5. The van der Waals surface area contributed by atoms with Crippen molar-refractivity contribution in [1.82, 2.24) is 15.2 Å². The van der Waals surface area contributed by atoms with Crippen molar-refractivity contribution in [2.75, 3.05) is 11.6 Å². The van der Waals surface area contributed by atoms with E-state index in [2.05, 4.69) is 10.2 Å². The van der Waals surface area contributed by atoms with Gasteiger partial charge in [0.05, 0.1) is 12.2 Å². The summed E-state index contributed by atoms with van der Waals surface area (Å²) < 4.78 is 69.8. The number of carbonyl (C=O) groups is 1. The van der Waals surface area contributed by atoms with Crippen LogP contribution in [0.3, 0.4) is 0 Å². The van der Waals surface area contributed by atoms with Crippen LogP contribution < -0.4 is 5.01 Å². The molecule has 6 nitrogen and oxygen atoms in total. The lowest BCUT2D eigenvalue weighted by molar-refractivity contribution is 0.0492. The number of alkyl halides is 4. The summed E-state index contributed by atoms with van der Waals surface area (Å²) in [5.41, 5.74) is 1.17. The largest absolute Gasteiger partial charge is 0.415 e. The summed E-state index contributed by atoms with van der Waals surface area (Å²) >= 11 is 0. The highest BCUT2D eigenvalue weighted by Crippen LogP contribution is 2.32. The van der Waals surface area contributed by atoms with Crippen LogP contribution in [0.5, 0.6) is 0 Å². The molecule has 1 aliphatic heterocycles. The van der Waals surface area contributed by atoms with E-state index in [0.29, 0.717) is 11.3 Å². The lowest BCUT2D eigenvalue weighted by atomic mass is 10.0. The van der Waals surface area contributed by atoms with Crippen molar-refractivity contribution < 1.29 is 31.2 Å². The van der Waals surface area contributed by atoms with Crippen molar-refractivity contribution in [3.8, 4) is 11.5 Å². The Morgan fingerprint density at radius 2 is 1.77 bits per heavy atom. The number of fused-ring (bicyclic) bond motifs is 1. The van der Waals surface area contributed by atoms with Crippen LogP contribution in [0.1, 0.15) is 28.2 Å². The van der Waals surface area contributed by atoms with Gasteiger partial charge in [-0.2, -0.15) is 8.78 Å². The van der Waals surface area contributed by atoms with Gasteiger partial charge in [-0.15, -0.1) is 10.2 Å². The summed E-state index contributed by atoms with van der Waals surface area (Å²) in [5.74, 6) is -2.32. The van der Waals surface area contributed by atoms with Crippen LogP contribution in [0.2, 0.25) is 0 Å². The second-order valence-corrected chi connectivity index (χ2v) is 6.43. The summed E-state index contributed by atoms with van der Waals surface area (Å²) in [5, 5.41) is 8.96. The average molecular weight is 424 g/mol. The fourth-order valence-electron chi connectivity index (χ4n) is 3.14. The molecule has 0 radical (unpaired) electrons. The van der Waals surface area contributed by atoms with Gasteiger partial charge in [0.1, 0.15) is 12.4 Å². The highest BCUT2D eigenvalue weighted by molar-refractivity contribution is 5.99. The molecule has 0 atom stereocenters. The number of hydrazine groups is 1. The number of hydrogen-bond donors (Lipinski definition) is 0. The smallest absolute Gasteiger partial charge is 0.314 e. The van der Waals surface area contributed by atoms with Crippen molar-refractivity contribution in [3.05, 3.63) is 65.3 Å². The number of aromatic nitrogens is 2. The number of carbonyl (C=O) groups excluding carboxylic acids is 1. The maximum atomic E-state index is 13.2. The first kappa shape index (κ1) is 19.8. The minimum absolute atomic E-state index is 0.0613. The Hall–Kier alpha value is -3.50. The molecule has 0 aliphatic carbocycles.